The number of aryl methyl sites for hydroxylation is 1. The Labute approximate surface area is 473 Å². The van der Waals surface area contributed by atoms with Crippen molar-refractivity contribution in [2.75, 3.05) is 72.8 Å². The monoisotopic (exact) mass is 1100 g/mol. The number of nitrogens with two attached hydrogens (primary N) is 1. The first-order valence-corrected chi connectivity index (χ1v) is 29.3. The first kappa shape index (κ1) is 54.3. The van der Waals surface area contributed by atoms with E-state index in [9.17, 15) is 19.8 Å². The lowest BCUT2D eigenvalue weighted by Crippen LogP contribution is -2.54. The van der Waals surface area contributed by atoms with E-state index in [0.29, 0.717) is 46.7 Å². The average Bonchev–Trinajstić information content (AvgIpc) is 4.30. The number of aliphatic hydroxyl groups is 1. The third kappa shape index (κ3) is 11.6. The van der Waals surface area contributed by atoms with E-state index in [1.165, 1.54) is 4.90 Å². The van der Waals surface area contributed by atoms with Crippen LogP contribution in [0.2, 0.25) is 0 Å². The van der Waals surface area contributed by atoms with Gasteiger partial charge in [-0.05, 0) is 98.7 Å². The predicted molar refractivity (Wildman–Crippen MR) is 308 cm³/mol. The number of rotatable bonds is 17. The lowest BCUT2D eigenvalue weighted by Gasteiger charge is -2.43. The summed E-state index contributed by atoms with van der Waals surface area (Å²) in [5.74, 6) is 1.70. The molecule has 9 heterocycles. The fraction of sp³-hybridized carbons (Fsp3) is 0.525. The summed E-state index contributed by atoms with van der Waals surface area (Å²) >= 11 is 0. The van der Waals surface area contributed by atoms with Crippen LogP contribution in [0.25, 0.3) is 22.5 Å². The molecule has 6 atom stereocenters. The molecule has 5 N–H and O–H groups in total. The van der Waals surface area contributed by atoms with Crippen molar-refractivity contribution >= 4 is 34.8 Å². The van der Waals surface area contributed by atoms with Gasteiger partial charge < -0.3 is 59.8 Å². The number of aliphatic hydroxyl groups excluding tert-OH is 1. The molecule has 1 saturated carbocycles. The molecule has 2 bridgehead atoms. The molecule has 4 aromatic heterocycles. The van der Waals surface area contributed by atoms with Crippen molar-refractivity contribution in [2.24, 2.45) is 18.9 Å². The number of piperazine rings is 1. The van der Waals surface area contributed by atoms with Crippen molar-refractivity contribution < 1.29 is 33.8 Å². The molecule has 81 heavy (non-hydrogen) atoms. The van der Waals surface area contributed by atoms with Crippen LogP contribution in [-0.2, 0) is 21.4 Å². The number of aromatic nitrogens is 6. The molecule has 20 nitrogen and oxygen atoms in total. The molecule has 428 valence electrons. The number of amides is 2. The quantitative estimate of drug-likeness (QED) is 0.0723. The summed E-state index contributed by atoms with van der Waals surface area (Å²) in [4.78, 5) is 44.1. The smallest absolute Gasteiger partial charge is 0.243 e. The Balaban J connectivity index is 0.564. The van der Waals surface area contributed by atoms with Crippen molar-refractivity contribution in [3.63, 3.8) is 0 Å². The highest BCUT2D eigenvalue weighted by Crippen LogP contribution is 2.41. The number of likely N-dealkylation sites (tertiary alicyclic amines) is 2. The fourth-order valence-corrected chi connectivity index (χ4v) is 13.5. The van der Waals surface area contributed by atoms with Crippen molar-refractivity contribution in [1.29, 1.82) is 0 Å². The SMILES string of the molecule is CC(C)[C@@H](C(=O)N1C[C@H](O)C[C@H]1C(=O)N[C@@H](C)c1ccc(-c2ccnn2C)cc1)c1cc(N2CCC(CN3CCC(O[C@H]4C[C@H](Oc5cc(N6C7CCC6CN(c6cc(-c8ccccc8O)nnc6N)C7)ccn5)C4)CC3)CC2)no1. The zero-order valence-electron chi connectivity index (χ0n) is 47.0. The highest BCUT2D eigenvalue weighted by atomic mass is 16.5. The summed E-state index contributed by atoms with van der Waals surface area (Å²) in [6, 6.07) is 24.7. The van der Waals surface area contributed by atoms with E-state index in [1.54, 1.807) is 18.3 Å². The number of pyridine rings is 1. The molecule has 0 spiro atoms. The van der Waals surface area contributed by atoms with E-state index in [2.05, 4.69) is 62.5 Å². The number of hydrogen-bond acceptors (Lipinski definition) is 17. The number of ether oxygens (including phenoxy) is 2. The van der Waals surface area contributed by atoms with E-state index in [-0.39, 0.29) is 60.8 Å². The molecular weight excluding hydrogens is 1030 g/mol. The Kier molecular flexibility index (Phi) is 15.6. The Morgan fingerprint density at radius 2 is 1.57 bits per heavy atom. The van der Waals surface area contributed by atoms with Crippen molar-refractivity contribution in [1.82, 2.24) is 45.2 Å². The molecule has 5 aliphatic heterocycles. The minimum atomic E-state index is -0.806. The van der Waals surface area contributed by atoms with E-state index < -0.39 is 18.1 Å². The number of phenolic OH excluding ortho intramolecular Hbond substituents is 1. The normalized spacial score (nSPS) is 24.4. The zero-order valence-corrected chi connectivity index (χ0v) is 47.0. The van der Waals surface area contributed by atoms with Crippen molar-refractivity contribution in [3.8, 4) is 34.1 Å². The van der Waals surface area contributed by atoms with Crippen LogP contribution in [0.4, 0.5) is 23.0 Å². The predicted octanol–water partition coefficient (Wildman–Crippen LogP) is 6.96. The lowest BCUT2D eigenvalue weighted by atomic mass is 9.91. The highest BCUT2D eigenvalue weighted by molar-refractivity contribution is 5.91. The third-order valence-electron chi connectivity index (χ3n) is 18.0. The molecule has 6 aliphatic rings. The van der Waals surface area contributed by atoms with Crippen LogP contribution < -0.4 is 30.5 Å². The van der Waals surface area contributed by atoms with E-state index in [1.807, 2.05) is 93.3 Å². The second-order valence-corrected chi connectivity index (χ2v) is 23.9. The van der Waals surface area contributed by atoms with E-state index in [0.717, 1.165) is 131 Å². The second-order valence-electron chi connectivity index (χ2n) is 23.9. The number of para-hydroxylation sites is 1. The van der Waals surface area contributed by atoms with Crippen LogP contribution >= 0.6 is 0 Å². The number of nitrogens with zero attached hydrogens (tertiary/aromatic N) is 11. The number of nitrogens with one attached hydrogen (secondary N) is 1. The van der Waals surface area contributed by atoms with Gasteiger partial charge in [-0.25, -0.2) is 4.98 Å². The summed E-state index contributed by atoms with van der Waals surface area (Å²) in [7, 11) is 1.90. The first-order chi connectivity index (χ1) is 39.3. The largest absolute Gasteiger partial charge is 0.507 e. The number of aromatic hydroxyl groups is 1. The highest BCUT2D eigenvalue weighted by Gasteiger charge is 2.45. The molecule has 20 heteroatoms. The number of anilines is 4. The summed E-state index contributed by atoms with van der Waals surface area (Å²) < 4.78 is 20.9. The van der Waals surface area contributed by atoms with Gasteiger partial charge in [-0.15, -0.1) is 10.2 Å². The van der Waals surface area contributed by atoms with Gasteiger partial charge in [0.15, 0.2) is 17.4 Å². The average molecular weight is 1100 g/mol. The van der Waals surface area contributed by atoms with Crippen LogP contribution in [0, 0.1) is 11.8 Å². The summed E-state index contributed by atoms with van der Waals surface area (Å²) in [5.41, 5.74) is 12.6. The van der Waals surface area contributed by atoms with Gasteiger partial charge in [-0.2, -0.15) is 5.10 Å². The van der Waals surface area contributed by atoms with Gasteiger partial charge in [0.1, 0.15) is 23.8 Å². The topological polar surface area (TPSA) is 230 Å². The number of hydrogen-bond donors (Lipinski definition) is 4. The van der Waals surface area contributed by atoms with Crippen LogP contribution in [0.15, 0.2) is 95.8 Å². The fourth-order valence-electron chi connectivity index (χ4n) is 13.5. The number of carbonyl (C=O) groups is 2. The van der Waals surface area contributed by atoms with Gasteiger partial charge in [-0.3, -0.25) is 14.3 Å². The summed E-state index contributed by atoms with van der Waals surface area (Å²) in [6.07, 6.45) is 11.6. The number of nitrogen functional groups attached to an aromatic ring is 1. The zero-order chi connectivity index (χ0) is 55.9. The molecule has 6 aromatic rings. The van der Waals surface area contributed by atoms with Crippen LogP contribution in [0.3, 0.4) is 0 Å². The first-order valence-electron chi connectivity index (χ1n) is 29.3. The summed E-state index contributed by atoms with van der Waals surface area (Å²) in [5, 5.41) is 41.7. The Hall–Kier alpha value is -7.29. The molecular formula is C61H77N13O7. The minimum Gasteiger partial charge on any atom is -0.507 e. The van der Waals surface area contributed by atoms with Gasteiger partial charge in [0.25, 0.3) is 0 Å². The maximum atomic E-state index is 14.4. The van der Waals surface area contributed by atoms with E-state index >= 15 is 0 Å². The Bertz CT molecular complexity index is 3130. The maximum absolute atomic E-state index is 14.4. The lowest BCUT2D eigenvalue weighted by molar-refractivity contribution is -0.141. The van der Waals surface area contributed by atoms with Gasteiger partial charge in [0.05, 0.1) is 41.4 Å². The van der Waals surface area contributed by atoms with E-state index in [4.69, 9.17) is 19.7 Å². The molecule has 12 rings (SSSR count). The molecule has 2 aromatic carbocycles. The van der Waals surface area contributed by atoms with Gasteiger partial charge in [0.2, 0.25) is 17.7 Å². The Morgan fingerprint density at radius 3 is 2.28 bits per heavy atom. The van der Waals surface area contributed by atoms with Crippen LogP contribution in [0.1, 0.15) is 102 Å². The van der Waals surface area contributed by atoms with Crippen LogP contribution in [-0.4, -0.2) is 157 Å². The molecule has 6 fully saturated rings. The number of benzene rings is 2. The van der Waals surface area contributed by atoms with Gasteiger partial charge >= 0.3 is 0 Å². The number of carbonyl (C=O) groups excluding carboxylic acids is 2. The standard InChI is InChI=1S/C61H77N13O7/c1-37(2)58(61(78)73-36-45(75)28-53(73)60(77)65-38(3)40-9-11-41(12-10-40)51-16-22-64-69(51)4)55-32-56(68-81-55)71-25-17-39(18-26-71)33-70-23-19-46(20-24-70)79-47-29-48(30-47)80-57-27-42(15-21-63-57)74-43-13-14-44(74)35-72(34-43)52-31-50(66-67-59(52)62)49-7-5-6-8-54(49)76/h5-12,15-16,21-22,27,31-32,37-39,43-48,53,58,75-76H,13-14,17-20,23-26,28-30,33-36H2,1-4H3,(H2,62,67)(H,65,77)/t38-,43?,44?,45+,47-,48-,53-,58+/m0/s1. The minimum absolute atomic E-state index is 0.0810. The molecule has 2 unspecified atom stereocenters. The van der Waals surface area contributed by atoms with Gasteiger partial charge in [-0.1, -0.05) is 55.4 Å². The van der Waals surface area contributed by atoms with Crippen molar-refractivity contribution in [2.45, 2.75) is 133 Å². The molecule has 0 radical (unpaired) electrons. The number of β-amino-alcohol motifs (C(OH)–C–C–N with tert-alkyl or cyclic N) is 1. The number of fused-ring (bicyclic) bond motifs is 2. The molecule has 5 saturated heterocycles. The maximum Gasteiger partial charge on any atom is 0.243 e. The second kappa shape index (κ2) is 23.3. The third-order valence-corrected chi connectivity index (χ3v) is 18.0. The van der Waals surface area contributed by atoms with Crippen molar-refractivity contribution in [3.05, 3.63) is 103 Å². The molecule has 2 amide bonds. The number of piperidine rings is 2. The summed E-state index contributed by atoms with van der Waals surface area (Å²) in [6.45, 7) is 12.4. The molecule has 1 aliphatic carbocycles. The van der Waals surface area contributed by atoms with Gasteiger partial charge in [0, 0.05) is 127 Å². The Morgan fingerprint density at radius 1 is 0.815 bits per heavy atom. The van der Waals surface area contributed by atoms with Crippen LogP contribution in [0.5, 0.6) is 11.6 Å². The number of phenols is 1.